The number of fused-ring (bicyclic) bond motifs is 2. The SMILES string of the molecule is CN(C)CC1Cc2ccccc2N(C(=O)C(Cc2c[nH]c3ccccc23)NC(=O)N2CCN(c3ccccc3)CC2)C1. The topological polar surface area (TPSA) is 74.9 Å². The molecule has 2 aliphatic rings. The zero-order valence-corrected chi connectivity index (χ0v) is 24.5. The van der Waals surface area contributed by atoms with E-state index in [2.05, 4.69) is 58.5 Å². The minimum absolute atomic E-state index is 0.0625. The normalized spacial score (nSPS) is 17.8. The summed E-state index contributed by atoms with van der Waals surface area (Å²) in [4.78, 5) is 39.7. The second-order valence-electron chi connectivity index (χ2n) is 11.8. The van der Waals surface area contributed by atoms with E-state index >= 15 is 0 Å². The first-order chi connectivity index (χ1) is 20.5. The van der Waals surface area contributed by atoms with Gasteiger partial charge in [-0.1, -0.05) is 54.6 Å². The number of urea groups is 1. The highest BCUT2D eigenvalue weighted by atomic mass is 16.2. The van der Waals surface area contributed by atoms with E-state index in [1.54, 1.807) is 0 Å². The Kier molecular flexibility index (Phi) is 8.15. The molecule has 1 aromatic heterocycles. The van der Waals surface area contributed by atoms with E-state index in [-0.39, 0.29) is 11.9 Å². The number of carbonyl (C=O) groups excluding carboxylic acids is 2. The van der Waals surface area contributed by atoms with E-state index in [0.29, 0.717) is 32.0 Å². The number of aromatic amines is 1. The Bertz CT molecular complexity index is 1530. The number of para-hydroxylation sites is 3. The summed E-state index contributed by atoms with van der Waals surface area (Å²) in [6.07, 6.45) is 3.31. The number of aromatic nitrogens is 1. The number of benzene rings is 3. The van der Waals surface area contributed by atoms with Gasteiger partial charge in [0.05, 0.1) is 0 Å². The average molecular weight is 565 g/mol. The molecule has 0 bridgehead atoms. The molecule has 1 fully saturated rings. The summed E-state index contributed by atoms with van der Waals surface area (Å²) in [6.45, 7) is 4.24. The molecule has 2 atom stereocenters. The van der Waals surface area contributed by atoms with Crippen molar-refractivity contribution in [1.82, 2.24) is 20.1 Å². The van der Waals surface area contributed by atoms with Crippen LogP contribution < -0.4 is 15.1 Å². The van der Waals surface area contributed by atoms with Crippen molar-refractivity contribution >= 4 is 34.2 Å². The summed E-state index contributed by atoms with van der Waals surface area (Å²) in [5.74, 6) is 0.252. The third-order valence-electron chi connectivity index (χ3n) is 8.50. The molecule has 8 nitrogen and oxygen atoms in total. The molecule has 3 heterocycles. The van der Waals surface area contributed by atoms with Crippen LogP contribution >= 0.6 is 0 Å². The number of nitrogens with one attached hydrogen (secondary N) is 2. The third kappa shape index (κ3) is 5.99. The van der Waals surface area contributed by atoms with E-state index in [0.717, 1.165) is 48.2 Å². The molecule has 218 valence electrons. The highest BCUT2D eigenvalue weighted by Gasteiger charge is 2.35. The summed E-state index contributed by atoms with van der Waals surface area (Å²) in [6, 6.07) is 25.7. The Labute approximate surface area is 247 Å². The predicted octanol–water partition coefficient (Wildman–Crippen LogP) is 4.38. The monoisotopic (exact) mass is 564 g/mol. The molecular formula is C34H40N6O2. The van der Waals surface area contributed by atoms with Gasteiger partial charge in [0.15, 0.2) is 0 Å². The van der Waals surface area contributed by atoms with Crippen LogP contribution in [0, 0.1) is 5.92 Å². The van der Waals surface area contributed by atoms with Crippen LogP contribution in [0.3, 0.4) is 0 Å². The summed E-state index contributed by atoms with van der Waals surface area (Å²) in [5, 5.41) is 4.26. The van der Waals surface area contributed by atoms with Crippen LogP contribution in [0.15, 0.2) is 85.1 Å². The summed E-state index contributed by atoms with van der Waals surface area (Å²) < 4.78 is 0. The van der Waals surface area contributed by atoms with Crippen molar-refractivity contribution in [2.75, 3.05) is 63.2 Å². The Hall–Kier alpha value is -4.30. The van der Waals surface area contributed by atoms with Gasteiger partial charge in [-0.05, 0) is 61.8 Å². The van der Waals surface area contributed by atoms with Crippen molar-refractivity contribution in [3.63, 3.8) is 0 Å². The van der Waals surface area contributed by atoms with Gasteiger partial charge < -0.3 is 29.9 Å². The van der Waals surface area contributed by atoms with Crippen molar-refractivity contribution < 1.29 is 9.59 Å². The van der Waals surface area contributed by atoms with Gasteiger partial charge in [0, 0.05) is 74.2 Å². The number of piperazine rings is 1. The fraction of sp³-hybridized carbons (Fsp3) is 0.353. The maximum Gasteiger partial charge on any atom is 0.318 e. The smallest absolute Gasteiger partial charge is 0.318 e. The van der Waals surface area contributed by atoms with Gasteiger partial charge in [-0.25, -0.2) is 4.79 Å². The molecule has 2 N–H and O–H groups in total. The maximum atomic E-state index is 14.5. The number of hydrogen-bond acceptors (Lipinski definition) is 4. The van der Waals surface area contributed by atoms with Crippen molar-refractivity contribution in [2.24, 2.45) is 5.92 Å². The standard InChI is InChI=1S/C34H40N6O2/c1-37(2)23-25-20-26-10-6-9-15-32(26)40(24-25)33(41)31(21-27-22-35-30-14-8-7-13-29(27)30)36-34(42)39-18-16-38(17-19-39)28-11-4-3-5-12-28/h3-15,22,25,31,35H,16-21,23-24H2,1-2H3,(H,36,42). The molecule has 42 heavy (non-hydrogen) atoms. The van der Waals surface area contributed by atoms with Gasteiger partial charge in [0.2, 0.25) is 5.91 Å². The number of amides is 3. The second-order valence-corrected chi connectivity index (χ2v) is 11.8. The van der Waals surface area contributed by atoms with Crippen LogP contribution in [0.1, 0.15) is 11.1 Å². The molecule has 3 aromatic carbocycles. The van der Waals surface area contributed by atoms with Gasteiger partial charge in [-0.3, -0.25) is 4.79 Å². The third-order valence-corrected chi connectivity index (χ3v) is 8.50. The number of H-pyrrole nitrogens is 1. The molecular weight excluding hydrogens is 524 g/mol. The quantitative estimate of drug-likeness (QED) is 0.350. The highest BCUT2D eigenvalue weighted by Crippen LogP contribution is 2.31. The van der Waals surface area contributed by atoms with Crippen LogP contribution in [-0.2, 0) is 17.6 Å². The number of anilines is 2. The van der Waals surface area contributed by atoms with Crippen LogP contribution in [-0.4, -0.2) is 86.1 Å². The van der Waals surface area contributed by atoms with Crippen molar-refractivity contribution in [3.05, 3.63) is 96.2 Å². The zero-order valence-electron chi connectivity index (χ0n) is 24.5. The highest BCUT2D eigenvalue weighted by molar-refractivity contribution is 6.00. The van der Waals surface area contributed by atoms with Gasteiger partial charge >= 0.3 is 6.03 Å². The Morgan fingerprint density at radius 1 is 0.929 bits per heavy atom. The lowest BCUT2D eigenvalue weighted by atomic mass is 9.91. The fourth-order valence-electron chi connectivity index (χ4n) is 6.48. The zero-order chi connectivity index (χ0) is 29.1. The maximum absolute atomic E-state index is 14.5. The Morgan fingerprint density at radius 2 is 1.64 bits per heavy atom. The van der Waals surface area contributed by atoms with E-state index in [9.17, 15) is 9.59 Å². The second kappa shape index (κ2) is 12.3. The first-order valence-corrected chi connectivity index (χ1v) is 14.9. The summed E-state index contributed by atoms with van der Waals surface area (Å²) in [5.41, 5.74) is 5.34. The molecule has 3 amide bonds. The molecule has 6 rings (SSSR count). The minimum Gasteiger partial charge on any atom is -0.368 e. The van der Waals surface area contributed by atoms with Gasteiger partial charge in [0.1, 0.15) is 6.04 Å². The summed E-state index contributed by atoms with van der Waals surface area (Å²) in [7, 11) is 4.15. The molecule has 0 spiro atoms. The van der Waals surface area contributed by atoms with Gasteiger partial charge in [-0.2, -0.15) is 0 Å². The van der Waals surface area contributed by atoms with Crippen LogP contribution in [0.4, 0.5) is 16.2 Å². The Balaban J connectivity index is 1.24. The Morgan fingerprint density at radius 3 is 2.43 bits per heavy atom. The molecule has 0 aliphatic carbocycles. The molecule has 8 heteroatoms. The molecule has 2 aliphatic heterocycles. The van der Waals surface area contributed by atoms with E-state index in [4.69, 9.17) is 0 Å². The van der Waals surface area contributed by atoms with Crippen LogP contribution in [0.5, 0.6) is 0 Å². The van der Waals surface area contributed by atoms with E-state index < -0.39 is 6.04 Å². The van der Waals surface area contributed by atoms with Crippen LogP contribution in [0.2, 0.25) is 0 Å². The van der Waals surface area contributed by atoms with Crippen molar-refractivity contribution in [2.45, 2.75) is 18.9 Å². The molecule has 2 unspecified atom stereocenters. The first kappa shape index (κ1) is 27.8. The largest absolute Gasteiger partial charge is 0.368 e. The van der Waals surface area contributed by atoms with Crippen molar-refractivity contribution in [3.8, 4) is 0 Å². The number of hydrogen-bond donors (Lipinski definition) is 2. The van der Waals surface area contributed by atoms with E-state index in [1.165, 1.54) is 11.3 Å². The number of rotatable bonds is 7. The fourth-order valence-corrected chi connectivity index (χ4v) is 6.48. The van der Waals surface area contributed by atoms with Crippen LogP contribution in [0.25, 0.3) is 10.9 Å². The lowest BCUT2D eigenvalue weighted by Gasteiger charge is -2.39. The lowest BCUT2D eigenvalue weighted by Crippen LogP contribution is -2.58. The first-order valence-electron chi connectivity index (χ1n) is 14.9. The summed E-state index contributed by atoms with van der Waals surface area (Å²) >= 11 is 0. The molecule has 0 radical (unpaired) electrons. The molecule has 4 aromatic rings. The van der Waals surface area contributed by atoms with Gasteiger partial charge in [0.25, 0.3) is 0 Å². The number of carbonyl (C=O) groups is 2. The van der Waals surface area contributed by atoms with E-state index in [1.807, 2.05) is 70.6 Å². The molecule has 0 saturated carbocycles. The average Bonchev–Trinajstić information content (AvgIpc) is 3.43. The lowest BCUT2D eigenvalue weighted by molar-refractivity contribution is -0.120. The predicted molar refractivity (Wildman–Crippen MR) is 169 cm³/mol. The van der Waals surface area contributed by atoms with Crippen molar-refractivity contribution in [1.29, 1.82) is 0 Å². The van der Waals surface area contributed by atoms with Gasteiger partial charge in [-0.15, -0.1) is 0 Å². The minimum atomic E-state index is -0.699. The number of nitrogens with zero attached hydrogens (tertiary/aromatic N) is 4. The molecule has 1 saturated heterocycles.